The predicted molar refractivity (Wildman–Crippen MR) is 104 cm³/mol. The second-order valence-electron chi connectivity index (χ2n) is 7.90. The molecule has 2 amide bonds. The predicted octanol–water partition coefficient (Wildman–Crippen LogP) is 3.62. The summed E-state index contributed by atoms with van der Waals surface area (Å²) in [4.78, 5) is 32.0. The van der Waals surface area contributed by atoms with Gasteiger partial charge in [0.2, 0.25) is 5.91 Å². The van der Waals surface area contributed by atoms with Crippen LogP contribution in [0, 0.1) is 18.2 Å². The Labute approximate surface area is 164 Å². The van der Waals surface area contributed by atoms with Crippen molar-refractivity contribution in [2.45, 2.75) is 45.1 Å². The summed E-state index contributed by atoms with van der Waals surface area (Å²) >= 11 is 0. The van der Waals surface area contributed by atoms with Gasteiger partial charge in [0.05, 0.1) is 5.41 Å². The van der Waals surface area contributed by atoms with Crippen molar-refractivity contribution < 1.29 is 14.0 Å². The fraction of sp³-hybridized carbons (Fsp3) is 0.409. The maximum atomic E-state index is 13.4. The van der Waals surface area contributed by atoms with Crippen molar-refractivity contribution >= 4 is 17.6 Å². The van der Waals surface area contributed by atoms with Crippen LogP contribution in [0.25, 0.3) is 0 Å². The number of pyridine rings is 1. The second kappa shape index (κ2) is 7.34. The lowest BCUT2D eigenvalue weighted by atomic mass is 9.71. The highest BCUT2D eigenvalue weighted by atomic mass is 19.1. The number of benzene rings is 1. The monoisotopic (exact) mass is 381 g/mol. The number of amides is 2. The molecule has 1 saturated carbocycles. The molecular weight excluding hydrogens is 357 g/mol. The third-order valence-corrected chi connectivity index (χ3v) is 5.93. The lowest BCUT2D eigenvalue weighted by Crippen LogP contribution is -2.46. The van der Waals surface area contributed by atoms with Gasteiger partial charge in [-0.2, -0.15) is 0 Å². The third-order valence-electron chi connectivity index (χ3n) is 5.93. The molecule has 2 heterocycles. The molecule has 28 heavy (non-hydrogen) atoms. The van der Waals surface area contributed by atoms with Crippen molar-refractivity contribution in [1.29, 1.82) is 0 Å². The molecule has 1 spiro atoms. The topological polar surface area (TPSA) is 62.3 Å². The summed E-state index contributed by atoms with van der Waals surface area (Å²) in [5.41, 5.74) is 0.752. The van der Waals surface area contributed by atoms with E-state index in [0.29, 0.717) is 24.3 Å². The number of hydrogen-bond acceptors (Lipinski definition) is 3. The van der Waals surface area contributed by atoms with Crippen molar-refractivity contribution in [3.8, 4) is 0 Å². The van der Waals surface area contributed by atoms with Crippen LogP contribution in [-0.2, 0) is 4.79 Å². The number of carbonyl (C=O) groups excluding carboxylic acids is 2. The average molecular weight is 381 g/mol. The number of halogens is 1. The minimum Gasteiger partial charge on any atom is -0.349 e. The third kappa shape index (κ3) is 3.51. The Hall–Kier alpha value is -2.76. The first-order valence-corrected chi connectivity index (χ1v) is 9.79. The van der Waals surface area contributed by atoms with Crippen molar-refractivity contribution in [2.24, 2.45) is 5.41 Å². The van der Waals surface area contributed by atoms with Crippen LogP contribution in [0.2, 0.25) is 0 Å². The van der Waals surface area contributed by atoms with Crippen LogP contribution in [0.15, 0.2) is 42.5 Å². The highest BCUT2D eigenvalue weighted by Gasteiger charge is 2.50. The van der Waals surface area contributed by atoms with Crippen LogP contribution in [0.3, 0.4) is 0 Å². The van der Waals surface area contributed by atoms with E-state index in [1.807, 2.05) is 25.1 Å². The number of carbonyl (C=O) groups is 2. The van der Waals surface area contributed by atoms with Gasteiger partial charge in [-0.1, -0.05) is 18.6 Å². The molecule has 1 aromatic heterocycles. The first-order chi connectivity index (χ1) is 13.5. The average Bonchev–Trinajstić information content (AvgIpc) is 2.97. The van der Waals surface area contributed by atoms with Crippen LogP contribution in [0.4, 0.5) is 10.2 Å². The van der Waals surface area contributed by atoms with E-state index in [-0.39, 0.29) is 17.9 Å². The zero-order chi connectivity index (χ0) is 19.7. The normalized spacial score (nSPS) is 24.6. The van der Waals surface area contributed by atoms with Gasteiger partial charge in [-0.15, -0.1) is 0 Å². The molecule has 2 aliphatic rings. The Bertz CT molecular complexity index is 916. The maximum absolute atomic E-state index is 13.4. The summed E-state index contributed by atoms with van der Waals surface area (Å²) in [7, 11) is 0. The lowest BCUT2D eigenvalue weighted by molar-refractivity contribution is -0.127. The van der Waals surface area contributed by atoms with Gasteiger partial charge in [-0.05, 0) is 62.9 Å². The van der Waals surface area contributed by atoms with Crippen LogP contribution >= 0.6 is 0 Å². The number of nitrogens with one attached hydrogen (secondary N) is 1. The Morgan fingerprint density at radius 3 is 2.86 bits per heavy atom. The molecule has 0 radical (unpaired) electrons. The highest BCUT2D eigenvalue weighted by molar-refractivity contribution is 5.99. The summed E-state index contributed by atoms with van der Waals surface area (Å²) in [6.07, 6.45) is 3.94. The van der Waals surface area contributed by atoms with Gasteiger partial charge >= 0.3 is 0 Å². The lowest BCUT2D eigenvalue weighted by Gasteiger charge is -2.36. The van der Waals surface area contributed by atoms with Gasteiger partial charge in [0.1, 0.15) is 11.6 Å². The molecule has 2 fully saturated rings. The Balaban J connectivity index is 1.47. The Morgan fingerprint density at radius 1 is 1.25 bits per heavy atom. The fourth-order valence-electron chi connectivity index (χ4n) is 4.52. The van der Waals surface area contributed by atoms with E-state index >= 15 is 0 Å². The summed E-state index contributed by atoms with van der Waals surface area (Å²) < 4.78 is 13.4. The molecule has 1 aliphatic heterocycles. The van der Waals surface area contributed by atoms with Gasteiger partial charge in [-0.3, -0.25) is 14.5 Å². The van der Waals surface area contributed by atoms with Crippen LogP contribution in [0.5, 0.6) is 0 Å². The first-order valence-electron chi connectivity index (χ1n) is 9.79. The van der Waals surface area contributed by atoms with Crippen LogP contribution < -0.4 is 10.2 Å². The molecule has 1 aliphatic carbocycles. The quantitative estimate of drug-likeness (QED) is 0.883. The van der Waals surface area contributed by atoms with E-state index in [2.05, 4.69) is 10.3 Å². The van der Waals surface area contributed by atoms with Gasteiger partial charge in [0.15, 0.2) is 0 Å². The van der Waals surface area contributed by atoms with E-state index < -0.39 is 11.2 Å². The molecule has 6 heteroatoms. The molecule has 5 nitrogen and oxygen atoms in total. The van der Waals surface area contributed by atoms with Gasteiger partial charge < -0.3 is 5.32 Å². The zero-order valence-electron chi connectivity index (χ0n) is 16.0. The van der Waals surface area contributed by atoms with Gasteiger partial charge in [0.25, 0.3) is 5.91 Å². The number of rotatable bonds is 3. The van der Waals surface area contributed by atoms with Crippen molar-refractivity contribution in [3.05, 3.63) is 59.5 Å². The molecule has 2 atom stereocenters. The largest absolute Gasteiger partial charge is 0.349 e. The van der Waals surface area contributed by atoms with Gasteiger partial charge in [0, 0.05) is 23.8 Å². The van der Waals surface area contributed by atoms with Crippen molar-refractivity contribution in [1.82, 2.24) is 10.3 Å². The zero-order valence-corrected chi connectivity index (χ0v) is 16.0. The summed E-state index contributed by atoms with van der Waals surface area (Å²) in [6.45, 7) is 2.57. The van der Waals surface area contributed by atoms with E-state index in [0.717, 1.165) is 31.4 Å². The number of aromatic nitrogens is 1. The Kier molecular flexibility index (Phi) is 4.87. The van der Waals surface area contributed by atoms with Gasteiger partial charge in [-0.25, -0.2) is 9.37 Å². The smallest absolute Gasteiger partial charge is 0.251 e. The number of nitrogens with zero attached hydrogens (tertiary/aromatic N) is 2. The molecule has 0 unspecified atom stereocenters. The van der Waals surface area contributed by atoms with Crippen LogP contribution in [0.1, 0.15) is 48.2 Å². The number of aryl methyl sites for hydroxylation is 1. The van der Waals surface area contributed by atoms with E-state index in [1.54, 1.807) is 11.0 Å². The molecular formula is C22H24FN3O2. The molecule has 1 N–H and O–H groups in total. The fourth-order valence-corrected chi connectivity index (χ4v) is 4.52. The molecule has 0 bridgehead atoms. The number of hydrogen-bond donors (Lipinski definition) is 1. The minimum absolute atomic E-state index is 0.0844. The molecule has 4 rings (SSSR count). The van der Waals surface area contributed by atoms with E-state index in [1.165, 1.54) is 18.2 Å². The summed E-state index contributed by atoms with van der Waals surface area (Å²) in [5.74, 6) is 0.0901. The number of anilines is 1. The van der Waals surface area contributed by atoms with E-state index in [4.69, 9.17) is 0 Å². The van der Waals surface area contributed by atoms with E-state index in [9.17, 15) is 14.0 Å². The first kappa shape index (κ1) is 18.6. The SMILES string of the molecule is Cc1cccc(N2CC[C@@]3(CCC[C@@H](NC(=O)c4cccc(F)c4)C3)C2=O)n1. The Morgan fingerprint density at radius 2 is 2.07 bits per heavy atom. The minimum atomic E-state index is -0.441. The maximum Gasteiger partial charge on any atom is 0.251 e. The highest BCUT2D eigenvalue weighted by Crippen LogP contribution is 2.45. The molecule has 2 aromatic rings. The standard InChI is InChI=1S/C22H24FN3O2/c1-15-5-2-9-19(24-15)26-12-11-22(21(26)28)10-4-8-18(14-22)25-20(27)16-6-3-7-17(23)13-16/h2-3,5-7,9,13,18H,4,8,10-12,14H2,1H3,(H,25,27)/t18-,22-/m1/s1. The molecule has 1 aromatic carbocycles. The molecule has 1 saturated heterocycles. The van der Waals surface area contributed by atoms with Crippen molar-refractivity contribution in [3.63, 3.8) is 0 Å². The van der Waals surface area contributed by atoms with Crippen molar-refractivity contribution in [2.75, 3.05) is 11.4 Å². The summed E-state index contributed by atoms with van der Waals surface area (Å²) in [5, 5.41) is 3.01. The van der Waals surface area contributed by atoms with Crippen LogP contribution in [-0.4, -0.2) is 29.4 Å². The second-order valence-corrected chi connectivity index (χ2v) is 7.90. The summed E-state index contributed by atoms with van der Waals surface area (Å²) in [6, 6.07) is 11.3. The molecule has 146 valence electrons.